The van der Waals surface area contributed by atoms with Crippen molar-refractivity contribution < 1.29 is 25.2 Å². The smallest absolute Gasteiger partial charge is 0.206 e. The summed E-state index contributed by atoms with van der Waals surface area (Å²) in [4.78, 5) is 12.1. The number of carbonyl (C=O) groups excluding carboxylic acids is 1. The van der Waals surface area contributed by atoms with Crippen LogP contribution >= 0.6 is 0 Å². The van der Waals surface area contributed by atoms with Gasteiger partial charge in [-0.25, -0.2) is 0 Å². The van der Waals surface area contributed by atoms with Crippen molar-refractivity contribution in [3.63, 3.8) is 0 Å². The summed E-state index contributed by atoms with van der Waals surface area (Å²) >= 11 is 0. The van der Waals surface area contributed by atoms with E-state index in [4.69, 9.17) is 0 Å². The molecule has 0 aliphatic heterocycles. The Kier molecular flexibility index (Phi) is 2.94. The number of allylic oxidation sites excluding steroid dienone is 1. The van der Waals surface area contributed by atoms with Crippen LogP contribution in [-0.2, 0) is 0 Å². The first-order valence-electron chi connectivity index (χ1n) is 5.29. The zero-order valence-electron chi connectivity index (χ0n) is 9.32. The summed E-state index contributed by atoms with van der Waals surface area (Å²) in [5, 5.41) is 37.7. The molecule has 1 unspecified atom stereocenters. The van der Waals surface area contributed by atoms with Crippen molar-refractivity contribution in [3.05, 3.63) is 53.8 Å². The highest BCUT2D eigenvalue weighted by atomic mass is 16.5. The summed E-state index contributed by atoms with van der Waals surface area (Å²) in [6.07, 6.45) is 2.95. The SMILES string of the molecule is O=C(c1ccccc1O)C1C=CC(O)(O)C=C1O. The molecule has 0 fully saturated rings. The molecule has 1 aromatic carbocycles. The van der Waals surface area contributed by atoms with Crippen LogP contribution < -0.4 is 0 Å². The van der Waals surface area contributed by atoms with Gasteiger partial charge in [-0.3, -0.25) is 4.79 Å². The molecule has 1 aromatic rings. The van der Waals surface area contributed by atoms with E-state index in [9.17, 15) is 25.2 Å². The van der Waals surface area contributed by atoms with Gasteiger partial charge < -0.3 is 20.4 Å². The van der Waals surface area contributed by atoms with Crippen molar-refractivity contribution in [1.29, 1.82) is 0 Å². The molecule has 1 atom stereocenters. The van der Waals surface area contributed by atoms with Gasteiger partial charge in [0.2, 0.25) is 5.79 Å². The Balaban J connectivity index is 2.33. The van der Waals surface area contributed by atoms with Crippen molar-refractivity contribution in [1.82, 2.24) is 0 Å². The molecular weight excluding hydrogens is 236 g/mol. The maximum absolute atomic E-state index is 12.1. The fourth-order valence-corrected chi connectivity index (χ4v) is 1.76. The molecule has 2 rings (SSSR count). The molecule has 0 heterocycles. The Bertz CT molecular complexity index is 542. The minimum absolute atomic E-state index is 0.0653. The van der Waals surface area contributed by atoms with Crippen LogP contribution in [0.25, 0.3) is 0 Å². The van der Waals surface area contributed by atoms with Crippen LogP contribution in [0.5, 0.6) is 5.75 Å². The Morgan fingerprint density at radius 3 is 2.44 bits per heavy atom. The molecule has 5 nitrogen and oxygen atoms in total. The lowest BCUT2D eigenvalue weighted by Gasteiger charge is -2.22. The highest BCUT2D eigenvalue weighted by Crippen LogP contribution is 2.28. The van der Waals surface area contributed by atoms with Gasteiger partial charge in [0.05, 0.1) is 11.5 Å². The molecule has 0 aromatic heterocycles. The third-order valence-electron chi connectivity index (χ3n) is 2.66. The highest BCUT2D eigenvalue weighted by Gasteiger charge is 2.31. The standard InChI is InChI=1S/C13H12O5/c14-10-4-2-1-3-8(10)12(16)9-5-6-13(17,18)7-11(9)15/h1-7,9,14-15,17-18H. The Labute approximate surface area is 103 Å². The van der Waals surface area contributed by atoms with Crippen LogP contribution in [0.4, 0.5) is 0 Å². The summed E-state index contributed by atoms with van der Waals surface area (Å²) in [6.45, 7) is 0. The number of aromatic hydroxyl groups is 1. The number of carbonyl (C=O) groups is 1. The summed E-state index contributed by atoms with van der Waals surface area (Å²) < 4.78 is 0. The topological polar surface area (TPSA) is 98.0 Å². The molecule has 5 heteroatoms. The molecule has 0 radical (unpaired) electrons. The van der Waals surface area contributed by atoms with Gasteiger partial charge in [0.1, 0.15) is 11.5 Å². The summed E-state index contributed by atoms with van der Waals surface area (Å²) in [7, 11) is 0. The molecule has 0 saturated carbocycles. The molecule has 0 spiro atoms. The second-order valence-electron chi connectivity index (χ2n) is 4.07. The van der Waals surface area contributed by atoms with Crippen LogP contribution in [0, 0.1) is 5.92 Å². The molecule has 4 N–H and O–H groups in total. The highest BCUT2D eigenvalue weighted by molar-refractivity contribution is 6.02. The van der Waals surface area contributed by atoms with Gasteiger partial charge in [0, 0.05) is 6.08 Å². The van der Waals surface area contributed by atoms with Crippen molar-refractivity contribution >= 4 is 5.78 Å². The second kappa shape index (κ2) is 4.29. The normalized spacial score (nSPS) is 21.4. The minimum Gasteiger partial charge on any atom is -0.511 e. The summed E-state index contributed by atoms with van der Waals surface area (Å²) in [5.74, 6) is -4.44. The van der Waals surface area contributed by atoms with Crippen LogP contribution in [0.15, 0.2) is 48.3 Å². The molecule has 1 aliphatic carbocycles. The first-order valence-corrected chi connectivity index (χ1v) is 5.29. The van der Waals surface area contributed by atoms with E-state index in [0.717, 1.165) is 12.2 Å². The van der Waals surface area contributed by atoms with E-state index in [2.05, 4.69) is 0 Å². The Hall–Kier alpha value is -2.11. The van der Waals surface area contributed by atoms with Crippen molar-refractivity contribution in [3.8, 4) is 5.75 Å². The number of Topliss-reactive ketones (excluding diaryl/α,β-unsaturated/α-hetero) is 1. The quantitative estimate of drug-likeness (QED) is 0.354. The van der Waals surface area contributed by atoms with Gasteiger partial charge in [0.15, 0.2) is 5.78 Å². The first kappa shape index (κ1) is 12.3. The molecule has 94 valence electrons. The monoisotopic (exact) mass is 248 g/mol. The largest absolute Gasteiger partial charge is 0.511 e. The van der Waals surface area contributed by atoms with E-state index in [1.165, 1.54) is 18.2 Å². The molecule has 18 heavy (non-hydrogen) atoms. The van der Waals surface area contributed by atoms with Crippen LogP contribution in [-0.4, -0.2) is 32.0 Å². The molecule has 0 amide bonds. The lowest BCUT2D eigenvalue weighted by molar-refractivity contribution is -0.0784. The number of hydrogen-bond acceptors (Lipinski definition) is 5. The van der Waals surface area contributed by atoms with Gasteiger partial charge in [-0.2, -0.15) is 0 Å². The number of para-hydroxylation sites is 1. The molecule has 1 aliphatic rings. The van der Waals surface area contributed by atoms with E-state index >= 15 is 0 Å². The number of phenolic OH excluding ortho intramolecular Hbond substituents is 1. The maximum Gasteiger partial charge on any atom is 0.206 e. The Morgan fingerprint density at radius 1 is 1.17 bits per heavy atom. The predicted molar refractivity (Wildman–Crippen MR) is 62.9 cm³/mol. The van der Waals surface area contributed by atoms with E-state index < -0.39 is 23.2 Å². The number of phenols is 1. The van der Waals surface area contributed by atoms with Gasteiger partial charge in [-0.05, 0) is 18.2 Å². The molecular formula is C13H12O5. The number of benzene rings is 1. The van der Waals surface area contributed by atoms with Crippen LogP contribution in [0.3, 0.4) is 0 Å². The number of aliphatic hydroxyl groups is 3. The first-order chi connectivity index (χ1) is 8.41. The van der Waals surface area contributed by atoms with Crippen LogP contribution in [0.1, 0.15) is 10.4 Å². The Morgan fingerprint density at radius 2 is 1.83 bits per heavy atom. The number of rotatable bonds is 2. The van der Waals surface area contributed by atoms with Crippen molar-refractivity contribution in [2.24, 2.45) is 5.92 Å². The molecule has 0 bridgehead atoms. The zero-order chi connectivity index (χ0) is 13.3. The third-order valence-corrected chi connectivity index (χ3v) is 2.66. The van der Waals surface area contributed by atoms with E-state index in [1.807, 2.05) is 0 Å². The number of aliphatic hydroxyl groups excluding tert-OH is 1. The average Bonchev–Trinajstić information content (AvgIpc) is 2.27. The van der Waals surface area contributed by atoms with Crippen molar-refractivity contribution in [2.75, 3.05) is 0 Å². The zero-order valence-corrected chi connectivity index (χ0v) is 9.32. The minimum atomic E-state index is -2.25. The fraction of sp³-hybridized carbons (Fsp3) is 0.154. The van der Waals surface area contributed by atoms with Gasteiger partial charge in [-0.1, -0.05) is 18.2 Å². The summed E-state index contributed by atoms with van der Waals surface area (Å²) in [5.41, 5.74) is 0.0653. The number of hydrogen-bond donors (Lipinski definition) is 4. The van der Waals surface area contributed by atoms with Gasteiger partial charge in [0.25, 0.3) is 0 Å². The van der Waals surface area contributed by atoms with E-state index in [1.54, 1.807) is 12.1 Å². The van der Waals surface area contributed by atoms with Gasteiger partial charge >= 0.3 is 0 Å². The van der Waals surface area contributed by atoms with Crippen LogP contribution in [0.2, 0.25) is 0 Å². The summed E-state index contributed by atoms with van der Waals surface area (Å²) in [6, 6.07) is 5.95. The average molecular weight is 248 g/mol. The van der Waals surface area contributed by atoms with E-state index in [-0.39, 0.29) is 11.3 Å². The predicted octanol–water partition coefficient (Wildman–Crippen LogP) is 0.884. The fourth-order valence-electron chi connectivity index (χ4n) is 1.76. The van der Waals surface area contributed by atoms with E-state index in [0.29, 0.717) is 0 Å². The lowest BCUT2D eigenvalue weighted by Crippen LogP contribution is -2.29. The van der Waals surface area contributed by atoms with Crippen molar-refractivity contribution in [2.45, 2.75) is 5.79 Å². The third kappa shape index (κ3) is 2.27. The second-order valence-corrected chi connectivity index (χ2v) is 4.07. The number of ketones is 1. The maximum atomic E-state index is 12.1. The molecule has 0 saturated heterocycles. The lowest BCUT2D eigenvalue weighted by atomic mass is 9.90. The van der Waals surface area contributed by atoms with Gasteiger partial charge in [-0.15, -0.1) is 0 Å².